The second-order valence-corrected chi connectivity index (χ2v) is 6.01. The zero-order valence-corrected chi connectivity index (χ0v) is 12.9. The molecule has 0 saturated carbocycles. The summed E-state index contributed by atoms with van der Waals surface area (Å²) in [5.74, 6) is 0.869. The number of allylic oxidation sites excluding steroid dienone is 1. The average molecular weight is 282 g/mol. The van der Waals surface area contributed by atoms with Crippen molar-refractivity contribution in [3.05, 3.63) is 41.4 Å². The van der Waals surface area contributed by atoms with Gasteiger partial charge in [-0.1, -0.05) is 23.7 Å². The fourth-order valence-electron chi connectivity index (χ4n) is 1.61. The van der Waals surface area contributed by atoms with Gasteiger partial charge >= 0.3 is 0 Å². The van der Waals surface area contributed by atoms with Crippen LogP contribution in [0.2, 0.25) is 5.02 Å². The Kier molecular flexibility index (Phi) is 6.40. The molecule has 0 saturated heterocycles. The second kappa shape index (κ2) is 7.56. The van der Waals surface area contributed by atoms with Gasteiger partial charge in [0.05, 0.1) is 6.61 Å². The maximum atomic E-state index is 6.26. The molecule has 3 heteroatoms. The fourth-order valence-corrected chi connectivity index (χ4v) is 1.84. The van der Waals surface area contributed by atoms with Crippen molar-refractivity contribution in [1.82, 2.24) is 5.32 Å². The fraction of sp³-hybridized carbons (Fsp3) is 0.500. The highest BCUT2D eigenvalue weighted by molar-refractivity contribution is 6.31. The van der Waals surface area contributed by atoms with Gasteiger partial charge in [0.2, 0.25) is 0 Å². The van der Waals surface area contributed by atoms with Crippen LogP contribution in [0.15, 0.2) is 30.9 Å². The molecule has 2 nitrogen and oxygen atoms in total. The largest absolute Gasteiger partial charge is 0.493 e. The summed E-state index contributed by atoms with van der Waals surface area (Å²) < 4.78 is 5.81. The first-order valence-corrected chi connectivity index (χ1v) is 7.08. The van der Waals surface area contributed by atoms with Crippen molar-refractivity contribution in [2.45, 2.75) is 45.7 Å². The number of rotatable bonds is 7. The molecule has 0 aliphatic heterocycles. The van der Waals surface area contributed by atoms with Crippen LogP contribution < -0.4 is 10.1 Å². The minimum absolute atomic E-state index is 0.0548. The minimum atomic E-state index is 0.0548. The van der Waals surface area contributed by atoms with Crippen molar-refractivity contribution in [3.63, 3.8) is 0 Å². The van der Waals surface area contributed by atoms with Crippen LogP contribution in [0.3, 0.4) is 0 Å². The third-order valence-corrected chi connectivity index (χ3v) is 3.04. The van der Waals surface area contributed by atoms with Gasteiger partial charge in [-0.05, 0) is 45.7 Å². The van der Waals surface area contributed by atoms with Crippen LogP contribution in [-0.2, 0) is 6.54 Å². The number of unbranched alkanes of at least 4 members (excludes halogenated alkanes) is 1. The molecule has 0 aliphatic carbocycles. The molecular weight excluding hydrogens is 258 g/mol. The summed E-state index contributed by atoms with van der Waals surface area (Å²) in [7, 11) is 0. The van der Waals surface area contributed by atoms with E-state index >= 15 is 0 Å². The lowest BCUT2D eigenvalue weighted by molar-refractivity contribution is 0.306. The van der Waals surface area contributed by atoms with Crippen LogP contribution in [0, 0.1) is 0 Å². The van der Waals surface area contributed by atoms with Crippen molar-refractivity contribution in [1.29, 1.82) is 0 Å². The highest BCUT2D eigenvalue weighted by atomic mass is 35.5. The van der Waals surface area contributed by atoms with Crippen molar-refractivity contribution >= 4 is 11.6 Å². The number of benzene rings is 1. The summed E-state index contributed by atoms with van der Waals surface area (Å²) in [6.45, 7) is 11.5. The average Bonchev–Trinajstić information content (AvgIpc) is 2.32. The van der Waals surface area contributed by atoms with E-state index in [4.69, 9.17) is 16.3 Å². The first-order chi connectivity index (χ1) is 8.94. The molecule has 0 aliphatic rings. The van der Waals surface area contributed by atoms with Gasteiger partial charge in [0.15, 0.2) is 0 Å². The third-order valence-electron chi connectivity index (χ3n) is 2.68. The first-order valence-electron chi connectivity index (χ1n) is 6.70. The lowest BCUT2D eigenvalue weighted by Gasteiger charge is -2.22. The molecule has 1 aromatic rings. The van der Waals surface area contributed by atoms with E-state index in [1.165, 1.54) is 0 Å². The van der Waals surface area contributed by atoms with Crippen molar-refractivity contribution in [2.75, 3.05) is 6.61 Å². The van der Waals surface area contributed by atoms with Crippen LogP contribution >= 0.6 is 11.6 Å². The molecule has 0 fully saturated rings. The zero-order valence-electron chi connectivity index (χ0n) is 12.1. The van der Waals surface area contributed by atoms with E-state index in [1.54, 1.807) is 0 Å². The topological polar surface area (TPSA) is 21.3 Å². The molecule has 0 amide bonds. The minimum Gasteiger partial charge on any atom is -0.493 e. The predicted molar refractivity (Wildman–Crippen MR) is 83.0 cm³/mol. The number of hydrogen-bond acceptors (Lipinski definition) is 2. The van der Waals surface area contributed by atoms with E-state index in [0.29, 0.717) is 13.2 Å². The monoisotopic (exact) mass is 281 g/mol. The predicted octanol–water partition coefficient (Wildman–Crippen LogP) is 4.57. The lowest BCUT2D eigenvalue weighted by Crippen LogP contribution is -2.35. The molecule has 0 bridgehead atoms. The van der Waals surface area contributed by atoms with Crippen LogP contribution in [-0.4, -0.2) is 12.1 Å². The van der Waals surface area contributed by atoms with E-state index in [0.717, 1.165) is 29.2 Å². The van der Waals surface area contributed by atoms with Gasteiger partial charge in [-0.2, -0.15) is 0 Å². The highest BCUT2D eigenvalue weighted by Gasteiger charge is 2.13. The molecule has 19 heavy (non-hydrogen) atoms. The lowest BCUT2D eigenvalue weighted by atomic mass is 10.1. The van der Waals surface area contributed by atoms with Gasteiger partial charge in [-0.25, -0.2) is 0 Å². The summed E-state index contributed by atoms with van der Waals surface area (Å²) in [6.07, 6.45) is 3.85. The molecule has 0 unspecified atom stereocenters. The van der Waals surface area contributed by atoms with Crippen LogP contribution in [0.5, 0.6) is 5.75 Å². The molecule has 1 N–H and O–H groups in total. The van der Waals surface area contributed by atoms with E-state index < -0.39 is 0 Å². The second-order valence-electron chi connectivity index (χ2n) is 5.60. The Hall–Kier alpha value is -0.990. The summed E-state index contributed by atoms with van der Waals surface area (Å²) in [4.78, 5) is 0. The normalized spacial score (nSPS) is 11.4. The highest BCUT2D eigenvalue weighted by Crippen LogP contribution is 2.27. The summed E-state index contributed by atoms with van der Waals surface area (Å²) in [5.41, 5.74) is 1.08. The maximum absolute atomic E-state index is 6.26. The molecule has 0 atom stereocenters. The van der Waals surface area contributed by atoms with E-state index in [2.05, 4.69) is 32.7 Å². The third kappa shape index (κ3) is 6.13. The van der Waals surface area contributed by atoms with Gasteiger partial charge in [-0.3, -0.25) is 0 Å². The smallest absolute Gasteiger partial charge is 0.125 e. The number of ether oxygens (including phenoxy) is 1. The summed E-state index contributed by atoms with van der Waals surface area (Å²) in [6, 6.07) is 5.79. The molecule has 106 valence electrons. The molecule has 0 spiro atoms. The zero-order chi connectivity index (χ0) is 14.3. The summed E-state index contributed by atoms with van der Waals surface area (Å²) >= 11 is 6.26. The van der Waals surface area contributed by atoms with Crippen LogP contribution in [0.25, 0.3) is 0 Å². The Labute approximate surface area is 121 Å². The van der Waals surface area contributed by atoms with E-state index in [1.807, 2.05) is 24.3 Å². The van der Waals surface area contributed by atoms with Crippen LogP contribution in [0.4, 0.5) is 0 Å². The Morgan fingerprint density at radius 1 is 1.37 bits per heavy atom. The molecular formula is C16H24ClNO. The van der Waals surface area contributed by atoms with Crippen LogP contribution in [0.1, 0.15) is 39.2 Å². The van der Waals surface area contributed by atoms with Gasteiger partial charge < -0.3 is 10.1 Å². The SMILES string of the molecule is C=CCCCOc1cccc(Cl)c1CNC(C)(C)C. The van der Waals surface area contributed by atoms with Gasteiger partial charge in [0, 0.05) is 22.7 Å². The first kappa shape index (κ1) is 16.1. The Morgan fingerprint density at radius 2 is 2.11 bits per heavy atom. The standard InChI is InChI=1S/C16H24ClNO/c1-5-6-7-11-19-15-10-8-9-14(17)13(15)12-18-16(2,3)4/h5,8-10,18H,1,6-7,11-12H2,2-4H3. The number of nitrogens with one attached hydrogen (secondary N) is 1. The Morgan fingerprint density at radius 3 is 2.74 bits per heavy atom. The van der Waals surface area contributed by atoms with Crippen molar-refractivity contribution in [2.24, 2.45) is 0 Å². The van der Waals surface area contributed by atoms with Crippen molar-refractivity contribution < 1.29 is 4.74 Å². The van der Waals surface area contributed by atoms with Gasteiger partial charge in [0.25, 0.3) is 0 Å². The summed E-state index contributed by atoms with van der Waals surface area (Å²) in [5, 5.41) is 4.19. The van der Waals surface area contributed by atoms with E-state index in [9.17, 15) is 0 Å². The van der Waals surface area contributed by atoms with E-state index in [-0.39, 0.29) is 5.54 Å². The molecule has 0 heterocycles. The molecule has 1 rings (SSSR count). The Bertz CT molecular complexity index is 410. The Balaban J connectivity index is 2.69. The van der Waals surface area contributed by atoms with Crippen molar-refractivity contribution in [3.8, 4) is 5.75 Å². The molecule has 1 aromatic carbocycles. The quantitative estimate of drug-likeness (QED) is 0.584. The molecule has 0 radical (unpaired) electrons. The van der Waals surface area contributed by atoms with Gasteiger partial charge in [-0.15, -0.1) is 6.58 Å². The number of hydrogen-bond donors (Lipinski definition) is 1. The maximum Gasteiger partial charge on any atom is 0.125 e. The van der Waals surface area contributed by atoms with Gasteiger partial charge in [0.1, 0.15) is 5.75 Å². The molecule has 0 aromatic heterocycles. The number of halogens is 1.